The normalized spacial score (nSPS) is 17.8. The van der Waals surface area contributed by atoms with E-state index >= 15 is 0 Å². The molecule has 3 aromatic rings. The van der Waals surface area contributed by atoms with Crippen LogP contribution in [0.1, 0.15) is 32.0 Å². The number of amides is 1. The Morgan fingerprint density at radius 1 is 1.04 bits per heavy atom. The van der Waals surface area contributed by atoms with Crippen LogP contribution in [0.3, 0.4) is 0 Å². The van der Waals surface area contributed by atoms with Gasteiger partial charge in [0.15, 0.2) is 0 Å². The van der Waals surface area contributed by atoms with Crippen molar-refractivity contribution >= 4 is 22.6 Å². The fourth-order valence-electron chi connectivity index (χ4n) is 4.44. The number of carbonyl (C=O) groups is 1. The molecule has 28 heavy (non-hydrogen) atoms. The predicted molar refractivity (Wildman–Crippen MR) is 112 cm³/mol. The highest BCUT2D eigenvalue weighted by Gasteiger charge is 2.27. The Balaban J connectivity index is 1.43. The van der Waals surface area contributed by atoms with Crippen molar-refractivity contribution in [3.05, 3.63) is 48.3 Å². The highest BCUT2D eigenvalue weighted by molar-refractivity contribution is 5.89. The molecule has 0 spiro atoms. The number of aromatic nitrogens is 2. The molecule has 1 aromatic heterocycles. The van der Waals surface area contributed by atoms with Gasteiger partial charge in [0.05, 0.1) is 11.0 Å². The number of hydrogen-bond donors (Lipinski definition) is 1. The molecule has 0 bridgehead atoms. The molecule has 1 saturated carbocycles. The molecule has 0 atom stereocenters. The zero-order chi connectivity index (χ0) is 19.1. The summed E-state index contributed by atoms with van der Waals surface area (Å²) in [5.74, 6) is 1.17. The summed E-state index contributed by atoms with van der Waals surface area (Å²) in [6, 6.07) is 15.4. The van der Waals surface area contributed by atoms with Crippen LogP contribution in [0.4, 0.5) is 5.69 Å². The van der Waals surface area contributed by atoms with Crippen LogP contribution in [-0.4, -0.2) is 39.5 Å². The van der Waals surface area contributed by atoms with Gasteiger partial charge in [-0.3, -0.25) is 9.69 Å². The van der Waals surface area contributed by atoms with Crippen LogP contribution in [0, 0.1) is 0 Å². The van der Waals surface area contributed by atoms with Crippen molar-refractivity contribution in [1.29, 1.82) is 0 Å². The zero-order valence-electron chi connectivity index (χ0n) is 16.3. The third-order valence-electron chi connectivity index (χ3n) is 6.19. The molecular weight excluding hydrogens is 348 g/mol. The highest BCUT2D eigenvalue weighted by Crippen LogP contribution is 2.29. The molecule has 0 radical (unpaired) electrons. The van der Waals surface area contributed by atoms with Gasteiger partial charge in [-0.2, -0.15) is 0 Å². The number of benzene rings is 2. The van der Waals surface area contributed by atoms with Crippen LogP contribution < -0.4 is 5.32 Å². The Labute approximate surface area is 165 Å². The Morgan fingerprint density at radius 2 is 1.82 bits per heavy atom. The van der Waals surface area contributed by atoms with E-state index in [1.807, 2.05) is 12.1 Å². The summed E-state index contributed by atoms with van der Waals surface area (Å²) in [6.45, 7) is 4.80. The number of hydrogen-bond acceptors (Lipinski definition) is 3. The Bertz CT molecular complexity index is 1020. The van der Waals surface area contributed by atoms with Crippen LogP contribution >= 0.6 is 0 Å². The van der Waals surface area contributed by atoms with Crippen molar-refractivity contribution in [2.24, 2.45) is 0 Å². The lowest BCUT2D eigenvalue weighted by atomic mass is 9.91. The van der Waals surface area contributed by atoms with Crippen molar-refractivity contribution < 1.29 is 4.79 Å². The largest absolute Gasteiger partial charge is 0.327 e. The van der Waals surface area contributed by atoms with Gasteiger partial charge in [-0.1, -0.05) is 24.6 Å². The Hall–Kier alpha value is -2.66. The number of imidazole rings is 1. The number of fused-ring (bicyclic) bond motifs is 3. The predicted octanol–water partition coefficient (Wildman–Crippen LogP) is 4.07. The molecule has 2 aliphatic rings. The number of nitrogens with zero attached hydrogens (tertiary/aromatic N) is 3. The summed E-state index contributed by atoms with van der Waals surface area (Å²) >= 11 is 0. The van der Waals surface area contributed by atoms with Crippen molar-refractivity contribution in [3.8, 4) is 11.1 Å². The molecule has 0 saturated heterocycles. The first-order chi connectivity index (χ1) is 13.7. The molecule has 5 rings (SSSR count). The molecule has 5 heteroatoms. The smallest absolute Gasteiger partial charge is 0.221 e. The average molecular weight is 374 g/mol. The van der Waals surface area contributed by atoms with E-state index in [4.69, 9.17) is 4.98 Å². The van der Waals surface area contributed by atoms with Gasteiger partial charge in [0.25, 0.3) is 0 Å². The summed E-state index contributed by atoms with van der Waals surface area (Å²) in [4.78, 5) is 18.8. The van der Waals surface area contributed by atoms with Gasteiger partial charge in [0, 0.05) is 44.7 Å². The van der Waals surface area contributed by atoms with Crippen molar-refractivity contribution in [2.75, 3.05) is 18.4 Å². The molecule has 5 nitrogen and oxygen atoms in total. The standard InChI is InChI=1S/C23H26N4O/c1-16(28)24-19-8-5-17(6-9-19)18-7-10-21-22(15-18)27-14-13-26(20-3-2-4-20)12-11-23(27)25-21/h5-10,15,20H,2-4,11-14H2,1H3,(H,24,28). The second-order valence-electron chi connectivity index (χ2n) is 8.01. The van der Waals surface area contributed by atoms with Gasteiger partial charge >= 0.3 is 0 Å². The van der Waals surface area contributed by atoms with E-state index in [1.54, 1.807) is 0 Å². The van der Waals surface area contributed by atoms with Gasteiger partial charge in [0.1, 0.15) is 5.82 Å². The molecule has 1 aliphatic heterocycles. The van der Waals surface area contributed by atoms with E-state index in [-0.39, 0.29) is 5.91 Å². The van der Waals surface area contributed by atoms with Gasteiger partial charge in [-0.25, -0.2) is 4.98 Å². The first kappa shape index (κ1) is 17.4. The molecule has 2 heterocycles. The zero-order valence-corrected chi connectivity index (χ0v) is 16.3. The molecular formula is C23H26N4O. The quantitative estimate of drug-likeness (QED) is 0.752. The summed E-state index contributed by atoms with van der Waals surface area (Å²) in [5, 5.41) is 2.82. The SMILES string of the molecule is CC(=O)Nc1ccc(-c2ccc3nc4n(c3c2)CCN(C2CCC2)CC4)cc1. The second kappa shape index (κ2) is 7.06. The van der Waals surface area contributed by atoms with Crippen LogP contribution in [0.2, 0.25) is 0 Å². The molecule has 1 N–H and O–H groups in total. The van der Waals surface area contributed by atoms with Crippen LogP contribution in [0.15, 0.2) is 42.5 Å². The Kier molecular flexibility index (Phi) is 4.40. The van der Waals surface area contributed by atoms with E-state index in [9.17, 15) is 4.79 Å². The number of rotatable bonds is 3. The maximum absolute atomic E-state index is 11.2. The average Bonchev–Trinajstić information content (AvgIpc) is 2.86. The number of carbonyl (C=O) groups excluding carboxylic acids is 1. The van der Waals surface area contributed by atoms with Crippen molar-refractivity contribution in [2.45, 2.75) is 45.2 Å². The van der Waals surface area contributed by atoms with E-state index in [0.717, 1.165) is 48.9 Å². The summed E-state index contributed by atoms with van der Waals surface area (Å²) in [6.07, 6.45) is 5.15. The molecule has 0 unspecified atom stereocenters. The monoisotopic (exact) mass is 374 g/mol. The topological polar surface area (TPSA) is 50.2 Å². The minimum absolute atomic E-state index is 0.0490. The number of anilines is 1. The van der Waals surface area contributed by atoms with E-state index in [1.165, 1.54) is 43.1 Å². The lowest BCUT2D eigenvalue weighted by Crippen LogP contribution is -2.41. The maximum atomic E-state index is 11.2. The summed E-state index contributed by atoms with van der Waals surface area (Å²) < 4.78 is 2.42. The second-order valence-corrected chi connectivity index (χ2v) is 8.01. The molecule has 1 fully saturated rings. The summed E-state index contributed by atoms with van der Waals surface area (Å²) in [5.41, 5.74) is 5.48. The third kappa shape index (κ3) is 3.20. The van der Waals surface area contributed by atoms with Gasteiger partial charge < -0.3 is 9.88 Å². The molecule has 1 amide bonds. The third-order valence-corrected chi connectivity index (χ3v) is 6.19. The highest BCUT2D eigenvalue weighted by atomic mass is 16.1. The van der Waals surface area contributed by atoms with Gasteiger partial charge in [-0.15, -0.1) is 0 Å². The van der Waals surface area contributed by atoms with E-state index in [0.29, 0.717) is 0 Å². The first-order valence-corrected chi connectivity index (χ1v) is 10.3. The van der Waals surface area contributed by atoms with E-state index < -0.39 is 0 Å². The van der Waals surface area contributed by atoms with Crippen molar-refractivity contribution in [1.82, 2.24) is 14.5 Å². The molecule has 144 valence electrons. The van der Waals surface area contributed by atoms with Crippen LogP contribution in [-0.2, 0) is 17.8 Å². The number of nitrogens with one attached hydrogen (secondary N) is 1. The molecule has 2 aromatic carbocycles. The minimum Gasteiger partial charge on any atom is -0.327 e. The van der Waals surface area contributed by atoms with Gasteiger partial charge in [-0.05, 0) is 48.2 Å². The molecule has 1 aliphatic carbocycles. The fraction of sp³-hybridized carbons (Fsp3) is 0.391. The van der Waals surface area contributed by atoms with Crippen LogP contribution in [0.5, 0.6) is 0 Å². The lowest BCUT2D eigenvalue weighted by molar-refractivity contribution is -0.114. The lowest BCUT2D eigenvalue weighted by Gasteiger charge is -2.36. The first-order valence-electron chi connectivity index (χ1n) is 10.3. The van der Waals surface area contributed by atoms with Crippen LogP contribution in [0.25, 0.3) is 22.2 Å². The van der Waals surface area contributed by atoms with Gasteiger partial charge in [0.2, 0.25) is 5.91 Å². The van der Waals surface area contributed by atoms with Crippen molar-refractivity contribution in [3.63, 3.8) is 0 Å². The Morgan fingerprint density at radius 3 is 2.54 bits per heavy atom. The van der Waals surface area contributed by atoms with E-state index in [2.05, 4.69) is 45.1 Å². The maximum Gasteiger partial charge on any atom is 0.221 e. The minimum atomic E-state index is -0.0490. The fourth-order valence-corrected chi connectivity index (χ4v) is 4.44. The summed E-state index contributed by atoms with van der Waals surface area (Å²) in [7, 11) is 0.